The van der Waals surface area contributed by atoms with Gasteiger partial charge >= 0.3 is 10.2 Å². The number of nitrogens with one attached hydrogen (secondary N) is 1. The summed E-state index contributed by atoms with van der Waals surface area (Å²) in [5.74, 6) is 0. The Morgan fingerprint density at radius 1 is 1.25 bits per heavy atom. The van der Waals surface area contributed by atoms with Gasteiger partial charge in [0.2, 0.25) is 0 Å². The maximum atomic E-state index is 11.9. The number of hydrogen-bond donors (Lipinski definition) is 1. The average molecular weight is 263 g/mol. The molecular formula is C10H15ClN2O2S. The van der Waals surface area contributed by atoms with E-state index in [-0.39, 0.29) is 0 Å². The number of para-hydroxylation sites is 1. The van der Waals surface area contributed by atoms with E-state index in [1.807, 2.05) is 0 Å². The van der Waals surface area contributed by atoms with E-state index in [4.69, 9.17) is 11.6 Å². The van der Waals surface area contributed by atoms with Crippen molar-refractivity contribution in [2.24, 2.45) is 0 Å². The summed E-state index contributed by atoms with van der Waals surface area (Å²) in [7, 11) is -3.50. The Labute approximate surface area is 101 Å². The Kier molecular flexibility index (Phi) is 4.58. The van der Waals surface area contributed by atoms with E-state index in [1.165, 1.54) is 4.31 Å². The molecule has 0 aromatic heterocycles. The first-order valence-electron chi connectivity index (χ1n) is 5.03. The van der Waals surface area contributed by atoms with Gasteiger partial charge in [-0.15, -0.1) is 0 Å². The minimum Gasteiger partial charge on any atom is -0.269 e. The maximum absolute atomic E-state index is 11.9. The van der Waals surface area contributed by atoms with Gasteiger partial charge < -0.3 is 0 Å². The summed E-state index contributed by atoms with van der Waals surface area (Å²) in [4.78, 5) is 0. The van der Waals surface area contributed by atoms with Crippen LogP contribution in [0.3, 0.4) is 0 Å². The Hall–Kier alpha value is -0.780. The number of hydrogen-bond acceptors (Lipinski definition) is 2. The molecular weight excluding hydrogens is 248 g/mol. The van der Waals surface area contributed by atoms with Gasteiger partial charge in [-0.2, -0.15) is 12.7 Å². The molecule has 0 saturated carbocycles. The van der Waals surface area contributed by atoms with Gasteiger partial charge in [-0.05, 0) is 12.1 Å². The third-order valence-electron chi connectivity index (χ3n) is 2.16. The molecule has 4 nitrogen and oxygen atoms in total. The van der Waals surface area contributed by atoms with Crippen LogP contribution in [0, 0.1) is 0 Å². The van der Waals surface area contributed by atoms with E-state index in [0.717, 1.165) is 0 Å². The molecule has 1 aromatic rings. The van der Waals surface area contributed by atoms with Crippen molar-refractivity contribution in [3.63, 3.8) is 0 Å². The van der Waals surface area contributed by atoms with Gasteiger partial charge in [0, 0.05) is 13.1 Å². The lowest BCUT2D eigenvalue weighted by atomic mass is 10.3. The molecule has 0 unspecified atom stereocenters. The molecule has 0 heterocycles. The number of rotatable bonds is 5. The minimum absolute atomic E-state index is 0.387. The highest BCUT2D eigenvalue weighted by molar-refractivity contribution is 7.90. The number of benzene rings is 1. The molecule has 0 saturated heterocycles. The van der Waals surface area contributed by atoms with Crippen molar-refractivity contribution in [3.05, 3.63) is 29.3 Å². The molecule has 90 valence electrons. The summed E-state index contributed by atoms with van der Waals surface area (Å²) in [5, 5.41) is 0.387. The minimum atomic E-state index is -3.50. The first kappa shape index (κ1) is 13.3. The van der Waals surface area contributed by atoms with Crippen molar-refractivity contribution >= 4 is 27.5 Å². The van der Waals surface area contributed by atoms with E-state index in [2.05, 4.69) is 4.72 Å². The van der Waals surface area contributed by atoms with E-state index >= 15 is 0 Å². The first-order valence-corrected chi connectivity index (χ1v) is 6.85. The Morgan fingerprint density at radius 2 is 1.81 bits per heavy atom. The highest BCUT2D eigenvalue weighted by Gasteiger charge is 2.18. The smallest absolute Gasteiger partial charge is 0.269 e. The lowest BCUT2D eigenvalue weighted by Crippen LogP contribution is -2.35. The van der Waals surface area contributed by atoms with Gasteiger partial charge in [-0.3, -0.25) is 4.72 Å². The topological polar surface area (TPSA) is 49.4 Å². The summed E-state index contributed by atoms with van der Waals surface area (Å²) in [5.41, 5.74) is 0.399. The van der Waals surface area contributed by atoms with Crippen LogP contribution in [0.5, 0.6) is 0 Å². The van der Waals surface area contributed by atoms with Crippen LogP contribution in [-0.4, -0.2) is 25.8 Å². The molecule has 0 aliphatic carbocycles. The van der Waals surface area contributed by atoms with Gasteiger partial charge in [-0.25, -0.2) is 0 Å². The SMILES string of the molecule is CCN(CC)S(=O)(=O)Nc1ccccc1Cl. The second-order valence-electron chi connectivity index (χ2n) is 3.17. The van der Waals surface area contributed by atoms with Crippen molar-refractivity contribution in [1.82, 2.24) is 4.31 Å². The molecule has 0 bridgehead atoms. The molecule has 0 atom stereocenters. The van der Waals surface area contributed by atoms with Crippen LogP contribution in [0.1, 0.15) is 13.8 Å². The highest BCUT2D eigenvalue weighted by Crippen LogP contribution is 2.22. The Bertz CT molecular complexity index is 444. The van der Waals surface area contributed by atoms with Gasteiger partial charge in [0.15, 0.2) is 0 Å². The summed E-state index contributed by atoms with van der Waals surface area (Å²) >= 11 is 5.88. The lowest BCUT2D eigenvalue weighted by Gasteiger charge is -2.19. The number of nitrogens with zero attached hydrogens (tertiary/aromatic N) is 1. The zero-order chi connectivity index (χ0) is 12.2. The van der Waals surface area contributed by atoms with Gasteiger partial charge in [0.1, 0.15) is 0 Å². The van der Waals surface area contributed by atoms with Crippen molar-refractivity contribution in [3.8, 4) is 0 Å². The Morgan fingerprint density at radius 3 is 2.31 bits per heavy atom. The zero-order valence-electron chi connectivity index (χ0n) is 9.27. The second-order valence-corrected chi connectivity index (χ2v) is 5.25. The highest BCUT2D eigenvalue weighted by atomic mass is 35.5. The molecule has 16 heavy (non-hydrogen) atoms. The quantitative estimate of drug-likeness (QED) is 0.886. The van der Waals surface area contributed by atoms with E-state index in [1.54, 1.807) is 38.1 Å². The Balaban J connectivity index is 2.93. The van der Waals surface area contributed by atoms with E-state index in [9.17, 15) is 8.42 Å². The van der Waals surface area contributed by atoms with Crippen molar-refractivity contribution in [2.45, 2.75) is 13.8 Å². The fourth-order valence-electron chi connectivity index (χ4n) is 1.31. The van der Waals surface area contributed by atoms with Gasteiger partial charge in [0.05, 0.1) is 10.7 Å². The second kappa shape index (κ2) is 5.52. The fraction of sp³-hybridized carbons (Fsp3) is 0.400. The van der Waals surface area contributed by atoms with Crippen LogP contribution in [0.15, 0.2) is 24.3 Å². The molecule has 0 aliphatic rings. The van der Waals surface area contributed by atoms with Gasteiger partial charge in [0.25, 0.3) is 0 Å². The van der Waals surface area contributed by atoms with Crippen LogP contribution in [0.25, 0.3) is 0 Å². The van der Waals surface area contributed by atoms with E-state index in [0.29, 0.717) is 23.8 Å². The largest absolute Gasteiger partial charge is 0.301 e. The molecule has 0 radical (unpaired) electrons. The fourth-order valence-corrected chi connectivity index (χ4v) is 2.81. The predicted molar refractivity (Wildman–Crippen MR) is 66.9 cm³/mol. The zero-order valence-corrected chi connectivity index (χ0v) is 10.8. The van der Waals surface area contributed by atoms with Crippen molar-refractivity contribution < 1.29 is 8.42 Å². The summed E-state index contributed by atoms with van der Waals surface area (Å²) in [6, 6.07) is 6.74. The summed E-state index contributed by atoms with van der Waals surface area (Å²) < 4.78 is 27.5. The summed E-state index contributed by atoms with van der Waals surface area (Å²) in [6.07, 6.45) is 0. The molecule has 0 spiro atoms. The van der Waals surface area contributed by atoms with Crippen LogP contribution in [0.4, 0.5) is 5.69 Å². The molecule has 1 N–H and O–H groups in total. The van der Waals surface area contributed by atoms with Gasteiger partial charge in [-0.1, -0.05) is 37.6 Å². The molecule has 1 aromatic carbocycles. The molecule has 6 heteroatoms. The maximum Gasteiger partial charge on any atom is 0.301 e. The third-order valence-corrected chi connectivity index (χ3v) is 4.16. The van der Waals surface area contributed by atoms with E-state index < -0.39 is 10.2 Å². The number of halogens is 1. The third kappa shape index (κ3) is 3.10. The summed E-state index contributed by atoms with van der Waals surface area (Å²) in [6.45, 7) is 4.43. The number of anilines is 1. The van der Waals surface area contributed by atoms with Crippen molar-refractivity contribution in [2.75, 3.05) is 17.8 Å². The molecule has 0 amide bonds. The first-order chi connectivity index (χ1) is 7.51. The monoisotopic (exact) mass is 262 g/mol. The van der Waals surface area contributed by atoms with Crippen LogP contribution in [-0.2, 0) is 10.2 Å². The molecule has 0 fully saturated rings. The molecule has 1 rings (SSSR count). The average Bonchev–Trinajstić information content (AvgIpc) is 2.22. The predicted octanol–water partition coefficient (Wildman–Crippen LogP) is 2.34. The van der Waals surface area contributed by atoms with Crippen LogP contribution in [0.2, 0.25) is 5.02 Å². The molecule has 0 aliphatic heterocycles. The normalized spacial score (nSPS) is 11.8. The van der Waals surface area contributed by atoms with Crippen LogP contribution >= 0.6 is 11.6 Å². The van der Waals surface area contributed by atoms with Crippen molar-refractivity contribution in [1.29, 1.82) is 0 Å². The lowest BCUT2D eigenvalue weighted by molar-refractivity contribution is 0.449. The van der Waals surface area contributed by atoms with Crippen LogP contribution < -0.4 is 4.72 Å². The standard InChI is InChI=1S/C10H15ClN2O2S/c1-3-13(4-2)16(14,15)12-10-8-6-5-7-9(10)11/h5-8,12H,3-4H2,1-2H3.